The second-order valence-corrected chi connectivity index (χ2v) is 7.90. The van der Waals surface area contributed by atoms with Crippen LogP contribution < -0.4 is 0 Å². The molecule has 0 unspecified atom stereocenters. The summed E-state index contributed by atoms with van der Waals surface area (Å²) in [6, 6.07) is 7.44. The van der Waals surface area contributed by atoms with E-state index in [0.29, 0.717) is 43.1 Å². The van der Waals surface area contributed by atoms with E-state index >= 15 is 0 Å². The van der Waals surface area contributed by atoms with Crippen molar-refractivity contribution in [2.45, 2.75) is 24.2 Å². The Morgan fingerprint density at radius 3 is 2.42 bits per heavy atom. The number of hydrogen-bond donors (Lipinski definition) is 1. The average Bonchev–Trinajstić information content (AvgIpc) is 2.63. The molecule has 2 amide bonds. The summed E-state index contributed by atoms with van der Waals surface area (Å²) < 4.78 is 0. The van der Waals surface area contributed by atoms with Gasteiger partial charge >= 0.3 is 5.97 Å². The summed E-state index contributed by atoms with van der Waals surface area (Å²) >= 11 is 7.41. The Morgan fingerprint density at radius 1 is 1.23 bits per heavy atom. The van der Waals surface area contributed by atoms with Gasteiger partial charge in [-0.2, -0.15) is 0 Å². The number of aliphatic carboxylic acids is 1. The van der Waals surface area contributed by atoms with Gasteiger partial charge in [-0.05, 0) is 37.1 Å². The number of likely N-dealkylation sites (tertiary alicyclic amines) is 1. The molecule has 0 aliphatic carbocycles. The molecule has 0 aromatic heterocycles. The number of benzene rings is 1. The first-order valence-corrected chi connectivity index (χ1v) is 9.86. The van der Waals surface area contributed by atoms with Crippen LogP contribution in [0.1, 0.15) is 19.3 Å². The highest BCUT2D eigenvalue weighted by atomic mass is 35.5. The molecular weight excluding hydrogens is 376 g/mol. The van der Waals surface area contributed by atoms with E-state index in [9.17, 15) is 14.4 Å². The van der Waals surface area contributed by atoms with Gasteiger partial charge in [-0.25, -0.2) is 0 Å². The summed E-state index contributed by atoms with van der Waals surface area (Å²) in [4.78, 5) is 39.6. The van der Waals surface area contributed by atoms with Crippen LogP contribution in [0.2, 0.25) is 5.02 Å². The Labute approximate surface area is 162 Å². The Morgan fingerprint density at radius 2 is 1.85 bits per heavy atom. The third-order valence-electron chi connectivity index (χ3n) is 4.39. The van der Waals surface area contributed by atoms with Gasteiger partial charge in [0, 0.05) is 42.2 Å². The molecular formula is C18H23ClN2O4S. The fourth-order valence-corrected chi connectivity index (χ4v) is 3.71. The minimum atomic E-state index is -0.803. The first-order chi connectivity index (χ1) is 12.4. The quantitative estimate of drug-likeness (QED) is 0.714. The molecule has 1 heterocycles. The maximum Gasteiger partial charge on any atom is 0.306 e. The van der Waals surface area contributed by atoms with Crippen molar-refractivity contribution in [2.75, 3.05) is 32.4 Å². The van der Waals surface area contributed by atoms with Gasteiger partial charge in [0.2, 0.25) is 11.8 Å². The number of carbonyl (C=O) groups is 3. The molecule has 1 aliphatic heterocycles. The van der Waals surface area contributed by atoms with Crippen LogP contribution in [0.15, 0.2) is 29.2 Å². The first-order valence-electron chi connectivity index (χ1n) is 8.49. The number of piperidine rings is 1. The van der Waals surface area contributed by atoms with Gasteiger partial charge in [0.05, 0.1) is 12.5 Å². The molecule has 6 nitrogen and oxygen atoms in total. The molecule has 0 radical (unpaired) electrons. The van der Waals surface area contributed by atoms with Crippen molar-refractivity contribution in [2.24, 2.45) is 5.92 Å². The van der Waals surface area contributed by atoms with Crippen molar-refractivity contribution in [3.63, 3.8) is 0 Å². The van der Waals surface area contributed by atoms with Gasteiger partial charge in [0.15, 0.2) is 0 Å². The maximum absolute atomic E-state index is 12.3. The van der Waals surface area contributed by atoms with Crippen LogP contribution in [0.3, 0.4) is 0 Å². The smallest absolute Gasteiger partial charge is 0.306 e. The summed E-state index contributed by atoms with van der Waals surface area (Å²) in [5.41, 5.74) is 0. The van der Waals surface area contributed by atoms with Crippen LogP contribution in [-0.2, 0) is 14.4 Å². The van der Waals surface area contributed by atoms with E-state index in [-0.39, 0.29) is 24.3 Å². The minimum Gasteiger partial charge on any atom is -0.481 e. The molecule has 1 saturated heterocycles. The minimum absolute atomic E-state index is 0.0299. The fourth-order valence-electron chi connectivity index (χ4n) is 2.74. The molecule has 0 atom stereocenters. The molecule has 26 heavy (non-hydrogen) atoms. The number of amides is 2. The highest BCUT2D eigenvalue weighted by molar-refractivity contribution is 7.99. The number of carbonyl (C=O) groups excluding carboxylic acids is 2. The van der Waals surface area contributed by atoms with Crippen molar-refractivity contribution in [3.8, 4) is 0 Å². The van der Waals surface area contributed by atoms with Gasteiger partial charge in [0.1, 0.15) is 0 Å². The van der Waals surface area contributed by atoms with E-state index in [1.807, 2.05) is 24.3 Å². The standard InChI is InChI=1S/C18H23ClN2O4S/c1-20(12-17(23)21-9-6-13(7-10-21)18(24)25)16(22)8-11-26-15-4-2-14(19)3-5-15/h2-5,13H,6-12H2,1H3,(H,24,25). The van der Waals surface area contributed by atoms with Gasteiger partial charge in [-0.3, -0.25) is 14.4 Å². The number of rotatable bonds is 7. The van der Waals surface area contributed by atoms with Crippen LogP contribution >= 0.6 is 23.4 Å². The first kappa shape index (κ1) is 20.6. The Bertz CT molecular complexity index is 645. The molecule has 0 bridgehead atoms. The number of thioether (sulfide) groups is 1. The van der Waals surface area contributed by atoms with E-state index in [2.05, 4.69) is 0 Å². The molecule has 0 saturated carbocycles. The van der Waals surface area contributed by atoms with E-state index in [1.54, 1.807) is 23.7 Å². The zero-order valence-corrected chi connectivity index (χ0v) is 16.3. The lowest BCUT2D eigenvalue weighted by molar-refractivity contribution is -0.146. The molecule has 1 aliphatic rings. The third-order valence-corrected chi connectivity index (χ3v) is 5.66. The normalized spacial score (nSPS) is 14.9. The Hall–Kier alpha value is -1.73. The number of carboxylic acid groups (broad SMARTS) is 1. The zero-order valence-electron chi connectivity index (χ0n) is 14.7. The summed E-state index contributed by atoms with van der Waals surface area (Å²) in [6.45, 7) is 0.899. The van der Waals surface area contributed by atoms with Crippen LogP contribution in [0.25, 0.3) is 0 Å². The highest BCUT2D eigenvalue weighted by Gasteiger charge is 2.27. The number of likely N-dealkylation sites (N-methyl/N-ethyl adjacent to an activating group) is 1. The predicted octanol–water partition coefficient (Wildman–Crippen LogP) is 2.60. The monoisotopic (exact) mass is 398 g/mol. The molecule has 1 aromatic rings. The summed E-state index contributed by atoms with van der Waals surface area (Å²) in [6.07, 6.45) is 1.28. The van der Waals surface area contributed by atoms with E-state index in [1.165, 1.54) is 4.90 Å². The number of nitrogens with zero attached hydrogens (tertiary/aromatic N) is 2. The fraction of sp³-hybridized carbons (Fsp3) is 0.500. The SMILES string of the molecule is CN(CC(=O)N1CCC(C(=O)O)CC1)C(=O)CCSc1ccc(Cl)cc1. The summed E-state index contributed by atoms with van der Waals surface area (Å²) in [5, 5.41) is 9.67. The lowest BCUT2D eigenvalue weighted by atomic mass is 9.97. The molecule has 1 fully saturated rings. The largest absolute Gasteiger partial charge is 0.481 e. The van der Waals surface area contributed by atoms with E-state index in [0.717, 1.165) is 4.90 Å². The maximum atomic E-state index is 12.3. The van der Waals surface area contributed by atoms with Crippen molar-refractivity contribution < 1.29 is 19.5 Å². The number of carboxylic acids is 1. The van der Waals surface area contributed by atoms with Crippen LogP contribution in [0.5, 0.6) is 0 Å². The van der Waals surface area contributed by atoms with Crippen LogP contribution in [0, 0.1) is 5.92 Å². The van der Waals surface area contributed by atoms with Crippen LogP contribution in [-0.4, -0.2) is 65.1 Å². The molecule has 0 spiro atoms. The highest BCUT2D eigenvalue weighted by Crippen LogP contribution is 2.21. The lowest BCUT2D eigenvalue weighted by Crippen LogP contribution is -2.45. The van der Waals surface area contributed by atoms with E-state index in [4.69, 9.17) is 16.7 Å². The Kier molecular flexibility index (Phi) is 7.78. The molecule has 8 heteroatoms. The number of halogens is 1. The second kappa shape index (κ2) is 9.83. The molecule has 142 valence electrons. The van der Waals surface area contributed by atoms with Gasteiger partial charge in [-0.15, -0.1) is 11.8 Å². The van der Waals surface area contributed by atoms with Gasteiger partial charge in [-0.1, -0.05) is 11.6 Å². The average molecular weight is 399 g/mol. The molecule has 2 rings (SSSR count). The van der Waals surface area contributed by atoms with Crippen molar-refractivity contribution in [1.82, 2.24) is 9.80 Å². The topological polar surface area (TPSA) is 77.9 Å². The van der Waals surface area contributed by atoms with Gasteiger partial charge in [0.25, 0.3) is 0 Å². The third kappa shape index (κ3) is 6.21. The number of hydrogen-bond acceptors (Lipinski definition) is 4. The van der Waals surface area contributed by atoms with Crippen LogP contribution in [0.4, 0.5) is 0 Å². The van der Waals surface area contributed by atoms with Crippen molar-refractivity contribution >= 4 is 41.1 Å². The Balaban J connectivity index is 1.70. The summed E-state index contributed by atoms with van der Waals surface area (Å²) in [7, 11) is 1.62. The van der Waals surface area contributed by atoms with Crippen molar-refractivity contribution in [1.29, 1.82) is 0 Å². The lowest BCUT2D eigenvalue weighted by Gasteiger charge is -2.31. The van der Waals surface area contributed by atoms with Gasteiger partial charge < -0.3 is 14.9 Å². The zero-order chi connectivity index (χ0) is 19.1. The predicted molar refractivity (Wildman–Crippen MR) is 101 cm³/mol. The molecule has 1 aromatic carbocycles. The second-order valence-electron chi connectivity index (χ2n) is 6.30. The van der Waals surface area contributed by atoms with Crippen molar-refractivity contribution in [3.05, 3.63) is 29.3 Å². The van der Waals surface area contributed by atoms with E-state index < -0.39 is 5.97 Å². The summed E-state index contributed by atoms with van der Waals surface area (Å²) in [5.74, 6) is -0.760. The molecule has 1 N–H and O–H groups in total.